The van der Waals surface area contributed by atoms with Crippen molar-refractivity contribution < 1.29 is 0 Å². The minimum Gasteiger partial charge on any atom is -0.311 e. The molecule has 1 aromatic carbocycles. The first-order valence-electron chi connectivity index (χ1n) is 5.69. The van der Waals surface area contributed by atoms with E-state index in [4.69, 9.17) is 23.2 Å². The smallest absolute Gasteiger partial charge is 0.173 e. The molecule has 20 heavy (non-hydrogen) atoms. The largest absolute Gasteiger partial charge is 0.311 e. The van der Waals surface area contributed by atoms with Crippen LogP contribution in [0.5, 0.6) is 0 Å². The van der Waals surface area contributed by atoms with Gasteiger partial charge >= 0.3 is 0 Å². The number of hydrogen-bond donors (Lipinski definition) is 1. The van der Waals surface area contributed by atoms with Crippen molar-refractivity contribution in [3.05, 3.63) is 21.9 Å². The fraction of sp³-hybridized carbons (Fsp3) is 0.300. The molecule has 0 saturated carbocycles. The van der Waals surface area contributed by atoms with Gasteiger partial charge in [0.25, 0.3) is 0 Å². The lowest BCUT2D eigenvalue weighted by Crippen LogP contribution is -2.18. The van der Waals surface area contributed by atoms with Crippen LogP contribution in [0.2, 0.25) is 10.0 Å². The molecule has 0 spiro atoms. The zero-order valence-electron chi connectivity index (χ0n) is 10.5. The molecule has 0 bridgehead atoms. The monoisotopic (exact) mass is 329 g/mol. The predicted octanol–water partition coefficient (Wildman–Crippen LogP) is 2.98. The van der Waals surface area contributed by atoms with E-state index in [9.17, 15) is 0 Å². The van der Waals surface area contributed by atoms with Crippen molar-refractivity contribution in [1.29, 1.82) is 0 Å². The van der Waals surface area contributed by atoms with Crippen molar-refractivity contribution in [2.45, 2.75) is 13.0 Å². The summed E-state index contributed by atoms with van der Waals surface area (Å²) >= 11 is 13.5. The molecule has 1 unspecified atom stereocenters. The summed E-state index contributed by atoms with van der Waals surface area (Å²) in [5, 5.41) is 15.7. The molecule has 7 nitrogen and oxygen atoms in total. The second-order valence-corrected chi connectivity index (χ2v) is 5.45. The van der Waals surface area contributed by atoms with E-state index in [1.807, 2.05) is 14.0 Å². The Labute approximate surface area is 128 Å². The Morgan fingerprint density at radius 3 is 2.75 bits per heavy atom. The maximum Gasteiger partial charge on any atom is 0.173 e. The van der Waals surface area contributed by atoms with Crippen LogP contribution >= 0.6 is 23.2 Å². The standard InChI is InChI=1S/C10H9Cl2N7S/c1-4(13-2)10-14-17-18-19(10)9-6(12)3-5(11)7-8(9)16-20-15-7/h3-4,13H,1-2H3. The first-order valence-corrected chi connectivity index (χ1v) is 7.18. The average Bonchev–Trinajstić information content (AvgIpc) is 3.07. The maximum atomic E-state index is 6.29. The van der Waals surface area contributed by atoms with Crippen LogP contribution in [-0.2, 0) is 11.4 Å². The Morgan fingerprint density at radius 2 is 2.00 bits per heavy atom. The second kappa shape index (κ2) is 5.21. The lowest BCUT2D eigenvalue weighted by molar-refractivity contribution is 0.589. The summed E-state index contributed by atoms with van der Waals surface area (Å²) in [6, 6.07) is 1.58. The summed E-state index contributed by atoms with van der Waals surface area (Å²) in [6.07, 6.45) is 0. The van der Waals surface area contributed by atoms with E-state index in [0.717, 1.165) is 11.4 Å². The summed E-state index contributed by atoms with van der Waals surface area (Å²) in [7, 11) is 1.83. The number of nitrogens with one attached hydrogen (secondary N) is 1. The number of nitrogens with zero attached hydrogens (tertiary/aromatic N) is 6. The molecule has 0 aliphatic carbocycles. The van der Waals surface area contributed by atoms with Crippen LogP contribution < -0.4 is 5.32 Å². The van der Waals surface area contributed by atoms with Crippen molar-refractivity contribution >= 4 is 45.9 Å². The topological polar surface area (TPSA) is 80.4 Å². The van der Waals surface area contributed by atoms with Gasteiger partial charge in [0, 0.05) is 0 Å². The first kappa shape index (κ1) is 13.6. The molecule has 10 heteroatoms. The van der Waals surface area contributed by atoms with E-state index in [2.05, 4.69) is 29.6 Å². The van der Waals surface area contributed by atoms with Gasteiger partial charge in [-0.1, -0.05) is 23.2 Å². The van der Waals surface area contributed by atoms with Gasteiger partial charge in [0.1, 0.15) is 17.1 Å². The van der Waals surface area contributed by atoms with Crippen LogP contribution in [-0.4, -0.2) is 27.3 Å². The van der Waals surface area contributed by atoms with Crippen molar-refractivity contribution in [3.63, 3.8) is 0 Å². The summed E-state index contributed by atoms with van der Waals surface area (Å²) < 4.78 is 9.97. The Morgan fingerprint density at radius 1 is 1.25 bits per heavy atom. The molecule has 2 heterocycles. The first-order chi connectivity index (χ1) is 9.63. The Bertz CT molecular complexity index is 750. The molecule has 1 atom stereocenters. The van der Waals surface area contributed by atoms with E-state index >= 15 is 0 Å². The normalized spacial score (nSPS) is 14.2. The highest BCUT2D eigenvalue weighted by Gasteiger charge is 2.24. The highest BCUT2D eigenvalue weighted by molar-refractivity contribution is 7.58. The number of aromatic nitrogens is 4. The van der Waals surface area contributed by atoms with Crippen LogP contribution in [0, 0.1) is 0 Å². The molecule has 1 aliphatic rings. The third kappa shape index (κ3) is 2.05. The summed E-state index contributed by atoms with van der Waals surface area (Å²) in [4.78, 5) is 0. The summed E-state index contributed by atoms with van der Waals surface area (Å²) in [5.41, 5.74) is 1.76. The molecule has 104 valence electrons. The zero-order valence-corrected chi connectivity index (χ0v) is 12.8. The second-order valence-electron chi connectivity index (χ2n) is 4.11. The number of tetrazole rings is 1. The van der Waals surface area contributed by atoms with Gasteiger partial charge in [-0.3, -0.25) is 0 Å². The molecule has 1 N–H and O–H groups in total. The third-order valence-electron chi connectivity index (χ3n) is 2.94. The Kier molecular flexibility index (Phi) is 3.55. The highest BCUT2D eigenvalue weighted by Crippen LogP contribution is 2.46. The number of hydrogen-bond acceptors (Lipinski definition) is 6. The molecular formula is C10H9Cl2N7S. The third-order valence-corrected chi connectivity index (χ3v) is 4.05. The molecule has 0 saturated heterocycles. The van der Waals surface area contributed by atoms with Crippen molar-refractivity contribution in [1.82, 2.24) is 25.5 Å². The fourth-order valence-electron chi connectivity index (χ4n) is 1.82. The lowest BCUT2D eigenvalue weighted by Gasteiger charge is -2.13. The summed E-state index contributed by atoms with van der Waals surface area (Å²) in [5.74, 6) is 0.631. The number of halogens is 2. The van der Waals surface area contributed by atoms with Crippen molar-refractivity contribution in [2.24, 2.45) is 8.73 Å². The lowest BCUT2D eigenvalue weighted by atomic mass is 10.2. The van der Waals surface area contributed by atoms with E-state index in [1.54, 1.807) is 10.7 Å². The highest BCUT2D eigenvalue weighted by atomic mass is 35.5. The Balaban J connectivity index is 2.25. The van der Waals surface area contributed by atoms with E-state index in [-0.39, 0.29) is 6.04 Å². The van der Waals surface area contributed by atoms with Crippen LogP contribution in [0.15, 0.2) is 14.8 Å². The molecule has 0 amide bonds. The average molecular weight is 330 g/mol. The molecule has 1 aromatic heterocycles. The van der Waals surface area contributed by atoms with Gasteiger partial charge in [-0.05, 0) is 30.5 Å². The predicted molar refractivity (Wildman–Crippen MR) is 78.2 cm³/mol. The van der Waals surface area contributed by atoms with Gasteiger partial charge in [-0.15, -0.1) is 5.10 Å². The van der Waals surface area contributed by atoms with Crippen LogP contribution in [0.25, 0.3) is 5.69 Å². The van der Waals surface area contributed by atoms with Gasteiger partial charge in [0.15, 0.2) is 5.82 Å². The molecule has 3 rings (SSSR count). The molecule has 1 aliphatic heterocycles. The molecule has 0 radical (unpaired) electrons. The number of fused-ring (bicyclic) bond motifs is 1. The van der Waals surface area contributed by atoms with E-state index in [0.29, 0.717) is 32.9 Å². The van der Waals surface area contributed by atoms with E-state index < -0.39 is 0 Å². The van der Waals surface area contributed by atoms with Gasteiger partial charge in [-0.25, -0.2) is 0 Å². The number of rotatable bonds is 3. The van der Waals surface area contributed by atoms with Gasteiger partial charge in [-0.2, -0.15) is 13.4 Å². The maximum absolute atomic E-state index is 6.29. The summed E-state index contributed by atoms with van der Waals surface area (Å²) in [6.45, 7) is 1.95. The SMILES string of the molecule is CNC(C)c1nnnn1-c1c(Cl)cc(Cl)c2c1N=S=N2. The molecule has 0 fully saturated rings. The van der Waals surface area contributed by atoms with Crippen LogP contribution in [0.1, 0.15) is 18.8 Å². The molecule has 2 aromatic rings. The van der Waals surface area contributed by atoms with Crippen LogP contribution in [0.4, 0.5) is 11.4 Å². The van der Waals surface area contributed by atoms with Gasteiger partial charge in [0.2, 0.25) is 0 Å². The van der Waals surface area contributed by atoms with Gasteiger partial charge < -0.3 is 5.32 Å². The quantitative estimate of drug-likeness (QED) is 0.800. The molecular weight excluding hydrogens is 321 g/mol. The van der Waals surface area contributed by atoms with Gasteiger partial charge in [0.05, 0.1) is 27.4 Å². The number of benzene rings is 1. The van der Waals surface area contributed by atoms with Crippen molar-refractivity contribution in [3.8, 4) is 5.69 Å². The van der Waals surface area contributed by atoms with E-state index in [1.165, 1.54) is 0 Å². The Hall–Kier alpha value is -1.35. The fourth-order valence-corrected chi connectivity index (χ4v) is 3.00. The minimum absolute atomic E-state index is 0.0432. The zero-order chi connectivity index (χ0) is 14.3. The minimum atomic E-state index is -0.0432. The van der Waals surface area contributed by atoms with Crippen LogP contribution in [0.3, 0.4) is 0 Å². The van der Waals surface area contributed by atoms with Crippen molar-refractivity contribution in [2.75, 3.05) is 7.05 Å².